The van der Waals surface area contributed by atoms with Crippen molar-refractivity contribution >= 4 is 46.8 Å². The van der Waals surface area contributed by atoms with Crippen LogP contribution in [0.3, 0.4) is 0 Å². The molecule has 0 spiro atoms. The summed E-state index contributed by atoms with van der Waals surface area (Å²) in [6.45, 7) is 3.20. The predicted octanol–water partition coefficient (Wildman–Crippen LogP) is 2.90. The minimum atomic E-state index is -0.819. The number of rotatable bonds is 10. The van der Waals surface area contributed by atoms with Gasteiger partial charge in [0, 0.05) is 5.56 Å². The van der Waals surface area contributed by atoms with E-state index in [4.69, 9.17) is 9.57 Å². The van der Waals surface area contributed by atoms with E-state index in [9.17, 15) is 24.0 Å². The summed E-state index contributed by atoms with van der Waals surface area (Å²) < 4.78 is 4.75. The quantitative estimate of drug-likeness (QED) is 0.275. The maximum atomic E-state index is 12.8. The minimum Gasteiger partial charge on any atom is -0.467 e. The molecule has 2 aromatic carbocycles. The van der Waals surface area contributed by atoms with Crippen molar-refractivity contribution in [2.45, 2.75) is 26.5 Å². The summed E-state index contributed by atoms with van der Waals surface area (Å²) in [5, 5.41) is 2.05. The number of benzene rings is 2. The molecule has 0 aliphatic carbocycles. The molecular weight excluding hydrogens is 498 g/mol. The summed E-state index contributed by atoms with van der Waals surface area (Å²) in [5.41, 5.74) is 3.83. The Kier molecular flexibility index (Phi) is 9.58. The summed E-state index contributed by atoms with van der Waals surface area (Å²) >= 11 is 0.691. The lowest BCUT2D eigenvalue weighted by Crippen LogP contribution is -2.45. The first-order valence-corrected chi connectivity index (χ1v) is 12.2. The van der Waals surface area contributed by atoms with Crippen molar-refractivity contribution in [3.05, 3.63) is 76.2 Å². The molecule has 1 saturated heterocycles. The van der Waals surface area contributed by atoms with Crippen molar-refractivity contribution in [1.82, 2.24) is 15.7 Å². The van der Waals surface area contributed by atoms with Crippen molar-refractivity contribution in [2.24, 2.45) is 5.92 Å². The third kappa shape index (κ3) is 7.51. The van der Waals surface area contributed by atoms with Gasteiger partial charge < -0.3 is 10.1 Å². The molecule has 1 fully saturated rings. The van der Waals surface area contributed by atoms with E-state index >= 15 is 0 Å². The third-order valence-electron chi connectivity index (χ3n) is 5.30. The van der Waals surface area contributed by atoms with Crippen molar-refractivity contribution in [2.75, 3.05) is 13.7 Å². The lowest BCUT2D eigenvalue weighted by Gasteiger charge is -2.19. The molecule has 1 heterocycles. The fourth-order valence-electron chi connectivity index (χ4n) is 3.36. The average Bonchev–Trinajstić information content (AvgIpc) is 3.14. The molecule has 0 radical (unpaired) electrons. The smallest absolute Gasteiger partial charge is 0.328 e. The number of imide groups is 1. The Morgan fingerprint density at radius 1 is 1.05 bits per heavy atom. The molecule has 1 aliphatic heterocycles. The van der Waals surface area contributed by atoms with Gasteiger partial charge in [-0.2, -0.15) is 0 Å². The third-order valence-corrected chi connectivity index (χ3v) is 6.21. The molecule has 10 nitrogen and oxygen atoms in total. The highest BCUT2D eigenvalue weighted by Gasteiger charge is 2.36. The predicted molar refractivity (Wildman–Crippen MR) is 137 cm³/mol. The van der Waals surface area contributed by atoms with E-state index < -0.39 is 41.5 Å². The molecule has 0 unspecified atom stereocenters. The van der Waals surface area contributed by atoms with Crippen LogP contribution in [0.5, 0.6) is 0 Å². The number of hydrogen-bond donors (Lipinski definition) is 2. The van der Waals surface area contributed by atoms with Gasteiger partial charge in [0.2, 0.25) is 0 Å². The SMILES string of the molecule is COC(=O)[C@@H](NC(=O)c1cccc(/C=C2\SC(=O)N(CC(=O)NOCc3ccccc3)C2=O)c1)C(C)C. The van der Waals surface area contributed by atoms with Gasteiger partial charge in [0.1, 0.15) is 12.6 Å². The number of methoxy groups -OCH3 is 1. The summed E-state index contributed by atoms with van der Waals surface area (Å²) in [4.78, 5) is 68.0. The topological polar surface area (TPSA) is 131 Å². The molecular formula is C26H27N3O7S. The summed E-state index contributed by atoms with van der Waals surface area (Å²) in [6, 6.07) is 14.7. The first-order valence-electron chi connectivity index (χ1n) is 11.4. The van der Waals surface area contributed by atoms with Crippen molar-refractivity contribution in [3.8, 4) is 0 Å². The van der Waals surface area contributed by atoms with E-state index in [0.717, 1.165) is 10.5 Å². The van der Waals surface area contributed by atoms with Gasteiger partial charge in [0.05, 0.1) is 18.6 Å². The maximum Gasteiger partial charge on any atom is 0.328 e. The molecule has 1 atom stereocenters. The molecule has 0 saturated carbocycles. The van der Waals surface area contributed by atoms with Crippen molar-refractivity contribution in [1.29, 1.82) is 0 Å². The summed E-state index contributed by atoms with van der Waals surface area (Å²) in [6.07, 6.45) is 1.46. The second-order valence-electron chi connectivity index (χ2n) is 8.41. The van der Waals surface area contributed by atoms with Crippen LogP contribution in [0.2, 0.25) is 0 Å². The Hall–Kier alpha value is -3.96. The molecule has 2 aromatic rings. The number of amides is 4. The maximum absolute atomic E-state index is 12.8. The fraction of sp³-hybridized carbons (Fsp3) is 0.269. The Bertz CT molecular complexity index is 1210. The van der Waals surface area contributed by atoms with E-state index in [2.05, 4.69) is 10.8 Å². The normalized spacial score (nSPS) is 15.1. The number of esters is 1. The summed E-state index contributed by atoms with van der Waals surface area (Å²) in [7, 11) is 1.25. The van der Waals surface area contributed by atoms with Gasteiger partial charge in [-0.3, -0.25) is 28.9 Å². The molecule has 3 rings (SSSR count). The Balaban J connectivity index is 1.62. The van der Waals surface area contributed by atoms with Crippen molar-refractivity contribution in [3.63, 3.8) is 0 Å². The largest absolute Gasteiger partial charge is 0.467 e. The van der Waals surface area contributed by atoms with Crippen LogP contribution in [-0.2, 0) is 30.6 Å². The molecule has 2 N–H and O–H groups in total. The molecule has 11 heteroatoms. The van der Waals surface area contributed by atoms with Crippen LogP contribution >= 0.6 is 11.8 Å². The van der Waals surface area contributed by atoms with Gasteiger partial charge in [0.15, 0.2) is 0 Å². The molecule has 1 aliphatic rings. The van der Waals surface area contributed by atoms with Crippen LogP contribution in [0.25, 0.3) is 6.08 Å². The van der Waals surface area contributed by atoms with Gasteiger partial charge in [-0.25, -0.2) is 10.3 Å². The lowest BCUT2D eigenvalue weighted by molar-refractivity contribution is -0.144. The van der Waals surface area contributed by atoms with E-state index in [0.29, 0.717) is 17.3 Å². The van der Waals surface area contributed by atoms with Crippen LogP contribution in [0.15, 0.2) is 59.5 Å². The Labute approximate surface area is 218 Å². The number of nitrogens with one attached hydrogen (secondary N) is 2. The van der Waals surface area contributed by atoms with E-state index in [1.54, 1.807) is 32.0 Å². The van der Waals surface area contributed by atoms with Gasteiger partial charge in [-0.15, -0.1) is 0 Å². The minimum absolute atomic E-state index is 0.107. The molecule has 0 bridgehead atoms. The lowest BCUT2D eigenvalue weighted by atomic mass is 10.0. The number of carbonyl (C=O) groups excluding carboxylic acids is 5. The number of thioether (sulfide) groups is 1. The zero-order valence-electron chi connectivity index (χ0n) is 20.6. The Morgan fingerprint density at radius 2 is 1.78 bits per heavy atom. The zero-order valence-corrected chi connectivity index (χ0v) is 21.4. The van der Waals surface area contributed by atoms with Gasteiger partial charge in [-0.1, -0.05) is 56.3 Å². The zero-order chi connectivity index (χ0) is 26.9. The average molecular weight is 526 g/mol. The number of ether oxygens (including phenoxy) is 1. The summed E-state index contributed by atoms with van der Waals surface area (Å²) in [5.74, 6) is -2.51. The number of carbonyl (C=O) groups is 5. The van der Waals surface area contributed by atoms with E-state index in [1.807, 2.05) is 30.3 Å². The first kappa shape index (κ1) is 27.6. The van der Waals surface area contributed by atoms with Crippen LogP contribution in [0.1, 0.15) is 35.3 Å². The van der Waals surface area contributed by atoms with Gasteiger partial charge >= 0.3 is 5.97 Å². The highest BCUT2D eigenvalue weighted by molar-refractivity contribution is 8.18. The highest BCUT2D eigenvalue weighted by atomic mass is 32.2. The van der Waals surface area contributed by atoms with E-state index in [-0.39, 0.29) is 23.0 Å². The number of nitrogens with zero attached hydrogens (tertiary/aromatic N) is 1. The standard InChI is InChI=1S/C26H27N3O7S/c1-16(2)22(25(33)35-3)27-23(31)19-11-7-10-18(12-19)13-20-24(32)29(26(34)37-20)14-21(30)28-36-15-17-8-5-4-6-9-17/h4-13,16,22H,14-15H2,1-3H3,(H,27,31)(H,28,30)/b20-13-/t22-/m0/s1. The monoisotopic (exact) mass is 525 g/mol. The van der Waals surface area contributed by atoms with Crippen LogP contribution in [-0.4, -0.2) is 53.5 Å². The van der Waals surface area contributed by atoms with E-state index in [1.165, 1.54) is 19.3 Å². The number of hydrogen-bond acceptors (Lipinski definition) is 8. The van der Waals surface area contributed by atoms with Crippen LogP contribution in [0, 0.1) is 5.92 Å². The Morgan fingerprint density at radius 3 is 2.46 bits per heavy atom. The molecule has 194 valence electrons. The first-order chi connectivity index (χ1) is 17.7. The molecule has 37 heavy (non-hydrogen) atoms. The van der Waals surface area contributed by atoms with Crippen LogP contribution in [0.4, 0.5) is 4.79 Å². The van der Waals surface area contributed by atoms with Gasteiger partial charge in [0.25, 0.3) is 23.0 Å². The molecule has 4 amide bonds. The van der Waals surface area contributed by atoms with Crippen LogP contribution < -0.4 is 10.8 Å². The number of hydroxylamine groups is 1. The second-order valence-corrected chi connectivity index (χ2v) is 9.40. The molecule has 0 aromatic heterocycles. The second kappa shape index (κ2) is 12.8. The highest BCUT2D eigenvalue weighted by Crippen LogP contribution is 2.32. The fourth-order valence-corrected chi connectivity index (χ4v) is 4.19. The van der Waals surface area contributed by atoms with Gasteiger partial charge in [-0.05, 0) is 47.0 Å². The van der Waals surface area contributed by atoms with Crippen molar-refractivity contribution < 1.29 is 33.5 Å².